The molecule has 0 aromatic carbocycles. The van der Waals surface area contributed by atoms with Gasteiger partial charge in [0.1, 0.15) is 0 Å². The number of allylic oxidation sites excluding steroid dienone is 5. The van der Waals surface area contributed by atoms with Crippen LogP contribution >= 0.6 is 0 Å². The van der Waals surface area contributed by atoms with Crippen LogP contribution in [-0.2, 0) is 0 Å². The smallest absolute Gasteiger partial charge is 0.0655 e. The molecule has 0 fully saturated rings. The van der Waals surface area contributed by atoms with Crippen molar-refractivity contribution in [2.75, 3.05) is 0 Å². The minimum atomic E-state index is 1.02. The number of aromatic nitrogens is 1. The molecule has 2 heteroatoms. The van der Waals surface area contributed by atoms with Crippen LogP contribution in [0.1, 0.15) is 25.5 Å². The summed E-state index contributed by atoms with van der Waals surface area (Å²) in [6.07, 6.45) is 13.5. The molecule has 0 saturated carbocycles. The monoisotopic (exact) mass is 214 g/mol. The number of rotatable bonds is 5. The predicted molar refractivity (Wildman–Crippen MR) is 69.6 cm³/mol. The molecule has 0 bridgehead atoms. The van der Waals surface area contributed by atoms with E-state index in [1.165, 1.54) is 11.8 Å². The van der Waals surface area contributed by atoms with Crippen LogP contribution < -0.4 is 5.73 Å². The molecule has 0 saturated heterocycles. The normalized spacial score (nSPS) is 12.7. The van der Waals surface area contributed by atoms with Gasteiger partial charge in [-0.25, -0.2) is 0 Å². The molecule has 0 radical (unpaired) electrons. The van der Waals surface area contributed by atoms with E-state index in [2.05, 4.69) is 24.1 Å². The van der Waals surface area contributed by atoms with E-state index in [4.69, 9.17) is 5.73 Å². The lowest BCUT2D eigenvalue weighted by Gasteiger charge is -1.98. The van der Waals surface area contributed by atoms with Crippen molar-refractivity contribution < 1.29 is 0 Å². The first-order chi connectivity index (χ1) is 7.84. The topological polar surface area (TPSA) is 38.9 Å². The summed E-state index contributed by atoms with van der Waals surface area (Å²) in [6, 6.07) is 5.96. The molecule has 84 valence electrons. The third-order valence-corrected chi connectivity index (χ3v) is 2.21. The van der Waals surface area contributed by atoms with Crippen LogP contribution in [0.4, 0.5) is 0 Å². The van der Waals surface area contributed by atoms with Gasteiger partial charge < -0.3 is 5.73 Å². The fourth-order valence-electron chi connectivity index (χ4n) is 1.34. The molecule has 1 rings (SSSR count). The maximum Gasteiger partial charge on any atom is 0.0655 e. The number of nitrogens with two attached hydrogens (primary N) is 1. The summed E-state index contributed by atoms with van der Waals surface area (Å²) in [5, 5.41) is 0. The quantitative estimate of drug-likeness (QED) is 0.603. The lowest BCUT2D eigenvalue weighted by molar-refractivity contribution is 1.05. The Bertz CT molecular complexity index is 375. The Morgan fingerprint density at radius 3 is 2.88 bits per heavy atom. The fraction of sp³-hybridized carbons (Fsp3) is 0.214. The standard InChI is InChI=1S/C14H18N2/c1-13(14-10-6-8-12-16-14)9-5-3-2-4-7-11-15/h2,4,6-12H,3,5,15H2,1H3/b4-2-,11-7-,13-9+. The molecule has 0 aliphatic carbocycles. The van der Waals surface area contributed by atoms with Crippen LogP contribution in [0.15, 0.2) is 54.9 Å². The third-order valence-electron chi connectivity index (χ3n) is 2.21. The third kappa shape index (κ3) is 4.60. The minimum Gasteiger partial charge on any atom is -0.405 e. The second-order valence-electron chi connectivity index (χ2n) is 3.49. The Hall–Kier alpha value is -1.83. The lowest BCUT2D eigenvalue weighted by atomic mass is 10.1. The zero-order chi connectivity index (χ0) is 11.6. The largest absolute Gasteiger partial charge is 0.405 e. The highest BCUT2D eigenvalue weighted by Gasteiger charge is 1.93. The van der Waals surface area contributed by atoms with E-state index in [0.29, 0.717) is 0 Å². The van der Waals surface area contributed by atoms with Crippen LogP contribution in [-0.4, -0.2) is 4.98 Å². The van der Waals surface area contributed by atoms with E-state index >= 15 is 0 Å². The zero-order valence-electron chi connectivity index (χ0n) is 9.63. The SMILES string of the molecule is C/C(=C\CC/C=C\C=C/N)c1ccccn1. The average Bonchev–Trinajstić information content (AvgIpc) is 2.34. The Kier molecular flexibility index (Phi) is 5.71. The van der Waals surface area contributed by atoms with Crippen molar-refractivity contribution in [3.05, 3.63) is 60.6 Å². The summed E-state index contributed by atoms with van der Waals surface area (Å²) in [5.74, 6) is 0. The number of unbranched alkanes of at least 4 members (excludes halogenated alkanes) is 1. The summed E-state index contributed by atoms with van der Waals surface area (Å²) in [6.45, 7) is 2.09. The first kappa shape index (κ1) is 12.2. The van der Waals surface area contributed by atoms with Crippen molar-refractivity contribution >= 4 is 5.57 Å². The van der Waals surface area contributed by atoms with E-state index in [1.807, 2.05) is 36.5 Å². The van der Waals surface area contributed by atoms with E-state index in [9.17, 15) is 0 Å². The van der Waals surface area contributed by atoms with Crippen molar-refractivity contribution in [3.63, 3.8) is 0 Å². The lowest BCUT2D eigenvalue weighted by Crippen LogP contribution is -1.83. The maximum absolute atomic E-state index is 5.22. The molecule has 0 atom stereocenters. The van der Waals surface area contributed by atoms with Crippen LogP contribution in [0.2, 0.25) is 0 Å². The Morgan fingerprint density at radius 2 is 2.19 bits per heavy atom. The highest BCUT2D eigenvalue weighted by atomic mass is 14.7. The van der Waals surface area contributed by atoms with Gasteiger partial charge in [0.25, 0.3) is 0 Å². The van der Waals surface area contributed by atoms with E-state index < -0.39 is 0 Å². The van der Waals surface area contributed by atoms with Crippen molar-refractivity contribution in [2.24, 2.45) is 5.73 Å². The molecular weight excluding hydrogens is 196 g/mol. The molecule has 0 unspecified atom stereocenters. The number of pyridine rings is 1. The molecule has 0 amide bonds. The van der Waals surface area contributed by atoms with Crippen LogP contribution in [0, 0.1) is 0 Å². The molecule has 1 aromatic heterocycles. The van der Waals surface area contributed by atoms with E-state index in [0.717, 1.165) is 18.5 Å². The summed E-state index contributed by atoms with van der Waals surface area (Å²) < 4.78 is 0. The van der Waals surface area contributed by atoms with Crippen LogP contribution in [0.3, 0.4) is 0 Å². The van der Waals surface area contributed by atoms with Gasteiger partial charge in [-0.1, -0.05) is 24.3 Å². The average molecular weight is 214 g/mol. The van der Waals surface area contributed by atoms with Gasteiger partial charge in [0.15, 0.2) is 0 Å². The van der Waals surface area contributed by atoms with E-state index in [1.54, 1.807) is 0 Å². The van der Waals surface area contributed by atoms with Crippen LogP contribution in [0.25, 0.3) is 5.57 Å². The predicted octanol–water partition coefficient (Wildman–Crippen LogP) is 3.29. The molecule has 1 aromatic rings. The summed E-state index contributed by atoms with van der Waals surface area (Å²) >= 11 is 0. The van der Waals surface area contributed by atoms with Gasteiger partial charge in [0.05, 0.1) is 5.69 Å². The van der Waals surface area contributed by atoms with Gasteiger partial charge >= 0.3 is 0 Å². The highest BCUT2D eigenvalue weighted by Crippen LogP contribution is 2.11. The molecular formula is C14H18N2. The fourth-order valence-corrected chi connectivity index (χ4v) is 1.34. The van der Waals surface area contributed by atoms with Crippen LogP contribution in [0.5, 0.6) is 0 Å². The number of hydrogen-bond donors (Lipinski definition) is 1. The van der Waals surface area contributed by atoms with Crippen molar-refractivity contribution in [1.82, 2.24) is 4.98 Å². The van der Waals surface area contributed by atoms with Gasteiger partial charge in [0.2, 0.25) is 0 Å². The van der Waals surface area contributed by atoms with Gasteiger partial charge in [-0.15, -0.1) is 0 Å². The van der Waals surface area contributed by atoms with Gasteiger partial charge in [-0.2, -0.15) is 0 Å². The first-order valence-corrected chi connectivity index (χ1v) is 5.46. The molecule has 1 heterocycles. The number of hydrogen-bond acceptors (Lipinski definition) is 2. The second-order valence-corrected chi connectivity index (χ2v) is 3.49. The van der Waals surface area contributed by atoms with Crippen molar-refractivity contribution in [3.8, 4) is 0 Å². The van der Waals surface area contributed by atoms with Crippen molar-refractivity contribution in [2.45, 2.75) is 19.8 Å². The van der Waals surface area contributed by atoms with E-state index in [-0.39, 0.29) is 0 Å². The molecule has 0 aliphatic rings. The van der Waals surface area contributed by atoms with Crippen molar-refractivity contribution in [1.29, 1.82) is 0 Å². The molecule has 2 N–H and O–H groups in total. The summed E-state index contributed by atoms with van der Waals surface area (Å²) in [5.41, 5.74) is 7.49. The summed E-state index contributed by atoms with van der Waals surface area (Å²) in [4.78, 5) is 4.29. The first-order valence-electron chi connectivity index (χ1n) is 5.46. The summed E-state index contributed by atoms with van der Waals surface area (Å²) in [7, 11) is 0. The molecule has 0 spiro atoms. The van der Waals surface area contributed by atoms with Gasteiger partial charge in [0, 0.05) is 6.20 Å². The Morgan fingerprint density at radius 1 is 1.31 bits per heavy atom. The zero-order valence-corrected chi connectivity index (χ0v) is 9.63. The highest BCUT2D eigenvalue weighted by molar-refractivity contribution is 5.59. The second kappa shape index (κ2) is 7.46. The van der Waals surface area contributed by atoms with Gasteiger partial charge in [-0.05, 0) is 49.7 Å². The minimum absolute atomic E-state index is 1.02. The van der Waals surface area contributed by atoms with Gasteiger partial charge in [-0.3, -0.25) is 4.98 Å². The Labute approximate surface area is 97.2 Å². The Balaban J connectivity index is 2.40. The maximum atomic E-state index is 5.22. The number of nitrogens with zero attached hydrogens (tertiary/aromatic N) is 1. The molecule has 0 aliphatic heterocycles. The molecule has 2 nitrogen and oxygen atoms in total. The molecule has 16 heavy (non-hydrogen) atoms.